The van der Waals surface area contributed by atoms with E-state index in [1.54, 1.807) is 30.1 Å². The Morgan fingerprint density at radius 1 is 1.13 bits per heavy atom. The molecular weight excluding hydrogens is 430 g/mol. The molecule has 0 aliphatic heterocycles. The van der Waals surface area contributed by atoms with Crippen LogP contribution in [0.2, 0.25) is 0 Å². The van der Waals surface area contributed by atoms with Crippen LogP contribution in [0.4, 0.5) is 5.82 Å². The number of hydrogen-bond donors (Lipinski definition) is 2. The van der Waals surface area contributed by atoms with E-state index in [-0.39, 0.29) is 0 Å². The van der Waals surface area contributed by atoms with Gasteiger partial charge in [0, 0.05) is 35.3 Å². The molecule has 0 atom stereocenters. The lowest BCUT2D eigenvalue weighted by molar-refractivity contribution is 0.602. The minimum atomic E-state index is -3.21. The first-order chi connectivity index (χ1) is 14.9. The average Bonchev–Trinajstić information content (AvgIpc) is 3.34. The molecule has 2 aromatic carbocycles. The third kappa shape index (κ3) is 3.66. The lowest BCUT2D eigenvalue weighted by Gasteiger charge is -2.04. The van der Waals surface area contributed by atoms with Gasteiger partial charge in [0.2, 0.25) is 0 Å². The molecule has 5 rings (SSSR count). The van der Waals surface area contributed by atoms with Crippen molar-refractivity contribution >= 4 is 43.8 Å². The monoisotopic (exact) mass is 449 g/mol. The molecule has 3 N–H and O–H groups in total. The van der Waals surface area contributed by atoms with Crippen LogP contribution in [0.5, 0.6) is 0 Å². The maximum absolute atomic E-state index is 11.7. The lowest BCUT2D eigenvalue weighted by atomic mass is 10.2. The Morgan fingerprint density at radius 2 is 1.90 bits per heavy atom. The van der Waals surface area contributed by atoms with E-state index >= 15 is 0 Å². The summed E-state index contributed by atoms with van der Waals surface area (Å²) < 4.78 is 25.3. The Bertz CT molecular complexity index is 1490. The topological polar surface area (TPSA) is 106 Å². The number of nitrogens with two attached hydrogens (primary N) is 1. The maximum Gasteiger partial charge on any atom is 0.175 e. The van der Waals surface area contributed by atoms with Gasteiger partial charge in [0.05, 0.1) is 10.6 Å². The molecule has 9 heteroatoms. The normalized spacial score (nSPS) is 12.0. The van der Waals surface area contributed by atoms with Crippen molar-refractivity contribution in [2.24, 2.45) is 0 Å². The molecule has 0 saturated heterocycles. The summed E-state index contributed by atoms with van der Waals surface area (Å²) in [6.45, 7) is 0. The van der Waals surface area contributed by atoms with E-state index in [0.717, 1.165) is 38.5 Å². The average molecular weight is 450 g/mol. The first-order valence-electron chi connectivity index (χ1n) is 9.52. The molecule has 0 bridgehead atoms. The largest absolute Gasteiger partial charge is 0.382 e. The molecule has 0 aliphatic carbocycles. The third-order valence-corrected chi connectivity index (χ3v) is 7.21. The summed E-state index contributed by atoms with van der Waals surface area (Å²) in [5.41, 5.74) is 10.6. The van der Waals surface area contributed by atoms with Crippen LogP contribution in [-0.4, -0.2) is 34.0 Å². The van der Waals surface area contributed by atoms with E-state index in [4.69, 9.17) is 10.7 Å². The number of para-hydroxylation sites is 1. The van der Waals surface area contributed by atoms with Crippen molar-refractivity contribution in [2.75, 3.05) is 12.0 Å². The molecule has 7 nitrogen and oxygen atoms in total. The predicted molar refractivity (Wildman–Crippen MR) is 124 cm³/mol. The van der Waals surface area contributed by atoms with Crippen LogP contribution in [0.25, 0.3) is 27.8 Å². The van der Waals surface area contributed by atoms with Crippen molar-refractivity contribution in [3.8, 4) is 11.4 Å². The molecule has 0 unspecified atom stereocenters. The summed E-state index contributed by atoms with van der Waals surface area (Å²) >= 11 is 1.55. The lowest BCUT2D eigenvalue weighted by Crippen LogP contribution is -1.97. The summed E-state index contributed by atoms with van der Waals surface area (Å²) in [5, 5.41) is 1.88. The van der Waals surface area contributed by atoms with Gasteiger partial charge in [0.1, 0.15) is 17.0 Å². The molecule has 156 valence electrons. The molecule has 0 spiro atoms. The van der Waals surface area contributed by atoms with Crippen molar-refractivity contribution in [3.63, 3.8) is 0 Å². The number of sulfone groups is 1. The van der Waals surface area contributed by atoms with Crippen LogP contribution in [0.1, 0.15) is 5.56 Å². The van der Waals surface area contributed by atoms with E-state index in [0.29, 0.717) is 16.5 Å². The number of benzene rings is 2. The molecule has 5 aromatic rings. The van der Waals surface area contributed by atoms with E-state index < -0.39 is 9.84 Å². The summed E-state index contributed by atoms with van der Waals surface area (Å²) in [5.74, 6) is 1.05. The van der Waals surface area contributed by atoms with E-state index in [1.165, 1.54) is 6.26 Å². The number of hydrogen-bond acceptors (Lipinski definition) is 6. The number of imidazole rings is 1. The highest BCUT2D eigenvalue weighted by Gasteiger charge is 2.18. The van der Waals surface area contributed by atoms with Gasteiger partial charge in [-0.05, 0) is 29.8 Å². The number of nitrogens with one attached hydrogen (secondary N) is 1. The number of fused-ring (bicyclic) bond motifs is 2. The van der Waals surface area contributed by atoms with Crippen LogP contribution >= 0.6 is 11.8 Å². The second kappa shape index (κ2) is 7.44. The Hall–Kier alpha value is -3.30. The maximum atomic E-state index is 11.7. The van der Waals surface area contributed by atoms with Crippen molar-refractivity contribution in [1.82, 2.24) is 19.4 Å². The number of anilines is 1. The zero-order valence-corrected chi connectivity index (χ0v) is 18.2. The first kappa shape index (κ1) is 19.7. The standard InChI is InChI=1S/C22H19N5O2S2/c1-31(28,29)16-8-6-14(7-9-16)13-30-22-26-19(20-21(23)24-10-11-27(20)22)18-12-15-4-2-3-5-17(15)25-18/h2-12,25H,13H2,1H3,(H2,23,24). The zero-order valence-electron chi connectivity index (χ0n) is 16.6. The first-order valence-corrected chi connectivity index (χ1v) is 12.4. The van der Waals surface area contributed by atoms with Gasteiger partial charge < -0.3 is 10.7 Å². The van der Waals surface area contributed by atoms with Crippen molar-refractivity contribution in [3.05, 3.63) is 72.6 Å². The number of nitrogens with zero attached hydrogens (tertiary/aromatic N) is 3. The zero-order chi connectivity index (χ0) is 21.6. The molecule has 0 aliphatic rings. The fraction of sp³-hybridized carbons (Fsp3) is 0.0909. The Balaban J connectivity index is 1.52. The van der Waals surface area contributed by atoms with Crippen molar-refractivity contribution < 1.29 is 8.42 Å². The SMILES string of the molecule is CS(=O)(=O)c1ccc(CSc2nc(-c3cc4ccccc4[nH]3)c3c(N)nccn23)cc1. The molecule has 31 heavy (non-hydrogen) atoms. The van der Waals surface area contributed by atoms with Crippen molar-refractivity contribution in [1.29, 1.82) is 0 Å². The molecule has 3 aromatic heterocycles. The molecule has 0 radical (unpaired) electrons. The number of nitrogen functional groups attached to an aromatic ring is 1. The van der Waals surface area contributed by atoms with Gasteiger partial charge in [-0.2, -0.15) is 0 Å². The van der Waals surface area contributed by atoms with Crippen LogP contribution in [0.3, 0.4) is 0 Å². The molecular formula is C22H19N5O2S2. The van der Waals surface area contributed by atoms with E-state index in [9.17, 15) is 8.42 Å². The molecule has 0 saturated carbocycles. The van der Waals surface area contributed by atoms with Gasteiger partial charge in [-0.3, -0.25) is 4.40 Å². The molecule has 0 fully saturated rings. The minimum absolute atomic E-state index is 0.312. The fourth-order valence-corrected chi connectivity index (χ4v) is 5.07. The smallest absolute Gasteiger partial charge is 0.175 e. The summed E-state index contributed by atoms with van der Waals surface area (Å²) in [7, 11) is -3.21. The van der Waals surface area contributed by atoms with Gasteiger partial charge >= 0.3 is 0 Å². The Labute approximate surface area is 183 Å². The number of H-pyrrole nitrogens is 1. The Morgan fingerprint density at radius 3 is 2.65 bits per heavy atom. The van der Waals surface area contributed by atoms with Crippen molar-refractivity contribution in [2.45, 2.75) is 15.8 Å². The van der Waals surface area contributed by atoms with Crippen LogP contribution in [0.15, 0.2) is 77.0 Å². The fourth-order valence-electron chi connectivity index (χ4n) is 3.51. The quantitative estimate of drug-likeness (QED) is 0.390. The number of rotatable bonds is 5. The van der Waals surface area contributed by atoms with Crippen LogP contribution < -0.4 is 5.73 Å². The van der Waals surface area contributed by atoms with Gasteiger partial charge in [-0.25, -0.2) is 18.4 Å². The number of thioether (sulfide) groups is 1. The van der Waals surface area contributed by atoms with Crippen LogP contribution in [-0.2, 0) is 15.6 Å². The van der Waals surface area contributed by atoms with E-state index in [1.807, 2.05) is 47.0 Å². The van der Waals surface area contributed by atoms with Gasteiger partial charge in [-0.1, -0.05) is 42.1 Å². The molecule has 0 amide bonds. The minimum Gasteiger partial charge on any atom is -0.382 e. The second-order valence-corrected chi connectivity index (χ2v) is 10.2. The van der Waals surface area contributed by atoms with E-state index in [2.05, 4.69) is 16.0 Å². The summed E-state index contributed by atoms with van der Waals surface area (Å²) in [6.07, 6.45) is 4.71. The van der Waals surface area contributed by atoms with Gasteiger partial charge in [-0.15, -0.1) is 0 Å². The highest BCUT2D eigenvalue weighted by atomic mass is 32.2. The Kier molecular flexibility index (Phi) is 4.71. The highest BCUT2D eigenvalue weighted by Crippen LogP contribution is 2.33. The second-order valence-electron chi connectivity index (χ2n) is 7.25. The van der Waals surface area contributed by atoms with Gasteiger partial charge in [0.25, 0.3) is 0 Å². The number of aromatic amines is 1. The van der Waals surface area contributed by atoms with Crippen LogP contribution in [0, 0.1) is 0 Å². The number of aromatic nitrogens is 4. The highest BCUT2D eigenvalue weighted by molar-refractivity contribution is 7.98. The van der Waals surface area contributed by atoms with Gasteiger partial charge in [0.15, 0.2) is 15.0 Å². The predicted octanol–water partition coefficient (Wildman–Crippen LogP) is 4.16. The third-order valence-electron chi connectivity index (χ3n) is 5.06. The summed E-state index contributed by atoms with van der Waals surface area (Å²) in [4.78, 5) is 12.8. The molecule has 3 heterocycles. The summed E-state index contributed by atoms with van der Waals surface area (Å²) in [6, 6.07) is 17.0.